The third kappa shape index (κ3) is 3.61. The predicted octanol–water partition coefficient (Wildman–Crippen LogP) is 3.93. The largest absolute Gasteiger partial charge is 0.398 e. The number of anilines is 1. The van der Waals surface area contributed by atoms with Crippen LogP contribution in [-0.2, 0) is 13.1 Å². The molecule has 2 aromatic rings. The van der Waals surface area contributed by atoms with Gasteiger partial charge in [0.2, 0.25) is 0 Å². The lowest BCUT2D eigenvalue weighted by Gasteiger charge is -2.05. The molecule has 0 fully saturated rings. The van der Waals surface area contributed by atoms with Crippen LogP contribution in [0.25, 0.3) is 0 Å². The van der Waals surface area contributed by atoms with Gasteiger partial charge in [0, 0.05) is 18.0 Å². The number of nitrogens with two attached hydrogens (primary N) is 1. The molecule has 0 amide bonds. The third-order valence-corrected chi connectivity index (χ3v) is 3.88. The van der Waals surface area contributed by atoms with Crippen molar-refractivity contribution in [2.45, 2.75) is 13.1 Å². The van der Waals surface area contributed by atoms with Crippen LogP contribution in [0.15, 0.2) is 30.3 Å². The van der Waals surface area contributed by atoms with Gasteiger partial charge in [0.05, 0.1) is 15.0 Å². The number of benzene rings is 1. The Morgan fingerprint density at radius 1 is 1.12 bits per heavy atom. The van der Waals surface area contributed by atoms with Crippen molar-refractivity contribution in [3.05, 3.63) is 50.1 Å². The lowest BCUT2D eigenvalue weighted by molar-refractivity contribution is 0.701. The Morgan fingerprint density at radius 2 is 1.94 bits per heavy atom. The van der Waals surface area contributed by atoms with Gasteiger partial charge in [-0.25, -0.2) is 0 Å². The van der Waals surface area contributed by atoms with Gasteiger partial charge in [-0.15, -0.1) is 11.3 Å². The van der Waals surface area contributed by atoms with Crippen molar-refractivity contribution in [3.63, 3.8) is 0 Å². The number of halogens is 2. The van der Waals surface area contributed by atoms with E-state index < -0.39 is 0 Å². The number of thiophene rings is 1. The van der Waals surface area contributed by atoms with E-state index in [2.05, 4.69) is 5.32 Å². The van der Waals surface area contributed by atoms with Gasteiger partial charge in [-0.05, 0) is 29.8 Å². The van der Waals surface area contributed by atoms with Crippen LogP contribution in [0.5, 0.6) is 0 Å². The van der Waals surface area contributed by atoms with Gasteiger partial charge in [-0.3, -0.25) is 0 Å². The van der Waals surface area contributed by atoms with Crippen LogP contribution in [0.2, 0.25) is 9.36 Å². The van der Waals surface area contributed by atoms with E-state index in [1.54, 1.807) is 11.3 Å². The molecule has 1 heterocycles. The molecule has 17 heavy (non-hydrogen) atoms. The summed E-state index contributed by atoms with van der Waals surface area (Å²) >= 11 is 13.4. The maximum Gasteiger partial charge on any atom is 0.0931 e. The number of nitrogen functional groups attached to an aromatic ring is 1. The van der Waals surface area contributed by atoms with E-state index in [9.17, 15) is 0 Å². The molecular formula is C12H12Cl2N2S. The molecule has 0 spiro atoms. The van der Waals surface area contributed by atoms with Gasteiger partial charge >= 0.3 is 0 Å². The van der Waals surface area contributed by atoms with Gasteiger partial charge in [0.15, 0.2) is 0 Å². The van der Waals surface area contributed by atoms with Crippen LogP contribution in [0.4, 0.5) is 5.69 Å². The monoisotopic (exact) mass is 286 g/mol. The SMILES string of the molecule is Nc1ccc(CNCc2ccc(Cl)s2)cc1Cl. The minimum absolute atomic E-state index is 0.600. The van der Waals surface area contributed by atoms with Crippen molar-refractivity contribution in [1.82, 2.24) is 5.32 Å². The van der Waals surface area contributed by atoms with Crippen LogP contribution in [0, 0.1) is 0 Å². The van der Waals surface area contributed by atoms with E-state index in [1.807, 2.05) is 30.3 Å². The molecule has 0 radical (unpaired) electrons. The van der Waals surface area contributed by atoms with Gasteiger partial charge in [0.1, 0.15) is 0 Å². The zero-order valence-corrected chi connectivity index (χ0v) is 11.4. The summed E-state index contributed by atoms with van der Waals surface area (Å²) in [6, 6.07) is 9.60. The topological polar surface area (TPSA) is 38.0 Å². The Hall–Kier alpha value is -0.740. The third-order valence-electron chi connectivity index (χ3n) is 2.32. The van der Waals surface area contributed by atoms with Crippen molar-refractivity contribution < 1.29 is 0 Å². The van der Waals surface area contributed by atoms with Crippen LogP contribution >= 0.6 is 34.5 Å². The summed E-state index contributed by atoms with van der Waals surface area (Å²) in [4.78, 5) is 1.22. The molecule has 0 unspecified atom stereocenters. The van der Waals surface area contributed by atoms with E-state index in [0.29, 0.717) is 10.7 Å². The van der Waals surface area contributed by atoms with E-state index in [-0.39, 0.29) is 0 Å². The second-order valence-electron chi connectivity index (χ2n) is 3.67. The van der Waals surface area contributed by atoms with Crippen molar-refractivity contribution in [3.8, 4) is 0 Å². The molecule has 0 atom stereocenters. The first-order valence-electron chi connectivity index (χ1n) is 5.14. The van der Waals surface area contributed by atoms with Crippen molar-refractivity contribution in [1.29, 1.82) is 0 Å². The summed E-state index contributed by atoms with van der Waals surface area (Å²) in [6.07, 6.45) is 0. The molecule has 0 saturated carbocycles. The summed E-state index contributed by atoms with van der Waals surface area (Å²) in [6.45, 7) is 1.56. The lowest BCUT2D eigenvalue weighted by Crippen LogP contribution is -2.11. The maximum absolute atomic E-state index is 5.94. The maximum atomic E-state index is 5.94. The first-order valence-corrected chi connectivity index (χ1v) is 6.71. The van der Waals surface area contributed by atoms with Crippen molar-refractivity contribution in [2.75, 3.05) is 5.73 Å². The minimum Gasteiger partial charge on any atom is -0.398 e. The summed E-state index contributed by atoms with van der Waals surface area (Å²) in [7, 11) is 0. The highest BCUT2D eigenvalue weighted by molar-refractivity contribution is 7.16. The normalized spacial score (nSPS) is 10.7. The van der Waals surface area contributed by atoms with Crippen LogP contribution in [0.1, 0.15) is 10.4 Å². The first-order chi connectivity index (χ1) is 8.15. The molecule has 0 bridgehead atoms. The fourth-order valence-electron chi connectivity index (χ4n) is 1.46. The second-order valence-corrected chi connectivity index (χ2v) is 5.87. The number of rotatable bonds is 4. The summed E-state index contributed by atoms with van der Waals surface area (Å²) in [5.41, 5.74) is 7.37. The molecule has 5 heteroatoms. The molecule has 1 aromatic carbocycles. The lowest BCUT2D eigenvalue weighted by atomic mass is 10.2. The summed E-state index contributed by atoms with van der Waals surface area (Å²) in [5, 5.41) is 3.93. The van der Waals surface area contributed by atoms with Crippen LogP contribution in [0.3, 0.4) is 0 Å². The highest BCUT2D eigenvalue weighted by atomic mass is 35.5. The predicted molar refractivity (Wildman–Crippen MR) is 75.7 cm³/mol. The Kier molecular flexibility index (Phi) is 4.29. The molecule has 0 aliphatic heterocycles. The molecule has 0 aliphatic rings. The first kappa shape index (κ1) is 12.7. The zero-order valence-electron chi connectivity index (χ0n) is 9.04. The Balaban J connectivity index is 1.87. The van der Waals surface area contributed by atoms with E-state index in [1.165, 1.54) is 4.88 Å². The molecule has 0 saturated heterocycles. The quantitative estimate of drug-likeness (QED) is 0.836. The van der Waals surface area contributed by atoms with Gasteiger partial charge < -0.3 is 11.1 Å². The smallest absolute Gasteiger partial charge is 0.0931 e. The average Bonchev–Trinajstić information content (AvgIpc) is 2.70. The number of nitrogens with one attached hydrogen (secondary N) is 1. The molecule has 2 nitrogen and oxygen atoms in total. The zero-order chi connectivity index (χ0) is 12.3. The van der Waals surface area contributed by atoms with Gasteiger partial charge in [-0.2, -0.15) is 0 Å². The second kappa shape index (κ2) is 5.74. The number of hydrogen-bond acceptors (Lipinski definition) is 3. The van der Waals surface area contributed by atoms with Crippen molar-refractivity contribution in [2.24, 2.45) is 0 Å². The molecule has 90 valence electrons. The van der Waals surface area contributed by atoms with E-state index >= 15 is 0 Å². The van der Waals surface area contributed by atoms with Gasteiger partial charge in [-0.1, -0.05) is 29.3 Å². The molecule has 1 aromatic heterocycles. The molecular weight excluding hydrogens is 275 g/mol. The Bertz CT molecular complexity index is 511. The summed E-state index contributed by atoms with van der Waals surface area (Å²) < 4.78 is 0.817. The number of hydrogen-bond donors (Lipinski definition) is 2. The standard InChI is InChI=1S/C12H12Cl2N2S/c13-10-5-8(1-3-11(10)15)6-16-7-9-2-4-12(14)17-9/h1-5,16H,6-7,15H2. The Morgan fingerprint density at radius 3 is 2.59 bits per heavy atom. The van der Waals surface area contributed by atoms with Crippen LogP contribution < -0.4 is 11.1 Å². The van der Waals surface area contributed by atoms with E-state index in [4.69, 9.17) is 28.9 Å². The molecule has 3 N–H and O–H groups in total. The minimum atomic E-state index is 0.600. The highest BCUT2D eigenvalue weighted by Gasteiger charge is 2.00. The van der Waals surface area contributed by atoms with Crippen molar-refractivity contribution >= 4 is 40.2 Å². The van der Waals surface area contributed by atoms with E-state index in [0.717, 1.165) is 23.0 Å². The molecule has 0 aliphatic carbocycles. The Labute approximate surface area is 114 Å². The molecule has 2 rings (SSSR count). The fraction of sp³-hybridized carbons (Fsp3) is 0.167. The average molecular weight is 287 g/mol. The highest BCUT2D eigenvalue weighted by Crippen LogP contribution is 2.22. The summed E-state index contributed by atoms with van der Waals surface area (Å²) in [5.74, 6) is 0. The van der Waals surface area contributed by atoms with Crippen LogP contribution in [-0.4, -0.2) is 0 Å². The van der Waals surface area contributed by atoms with Gasteiger partial charge in [0.25, 0.3) is 0 Å². The fourth-order valence-corrected chi connectivity index (χ4v) is 2.72.